The molecule has 0 aromatic heterocycles. The van der Waals surface area contributed by atoms with E-state index in [2.05, 4.69) is 38.5 Å². The van der Waals surface area contributed by atoms with Gasteiger partial charge in [-0.05, 0) is 46.9 Å². The Morgan fingerprint density at radius 1 is 1.14 bits per heavy atom. The van der Waals surface area contributed by atoms with E-state index in [1.807, 2.05) is 42.5 Å². The highest BCUT2D eigenvalue weighted by molar-refractivity contribution is 14.1. The molecule has 0 aliphatic rings. The average Bonchev–Trinajstić information content (AvgIpc) is 2.50. The smallest absolute Gasteiger partial charge is 0.125 e. The number of aliphatic hydroxyl groups excluding tert-OH is 1. The Labute approximate surface area is 146 Å². The zero-order valence-electron chi connectivity index (χ0n) is 11.6. The molecule has 1 unspecified atom stereocenters. The monoisotopic (exact) mass is 462 g/mol. The van der Waals surface area contributed by atoms with Gasteiger partial charge in [-0.2, -0.15) is 0 Å². The van der Waals surface area contributed by atoms with Gasteiger partial charge in [-0.3, -0.25) is 0 Å². The van der Waals surface area contributed by atoms with Gasteiger partial charge in [0.15, 0.2) is 0 Å². The second-order valence-corrected chi connectivity index (χ2v) is 6.55. The van der Waals surface area contributed by atoms with Crippen molar-refractivity contribution in [1.82, 2.24) is 0 Å². The number of benzene rings is 2. The van der Waals surface area contributed by atoms with Crippen LogP contribution in [0.5, 0.6) is 5.75 Å². The second kappa shape index (κ2) is 8.12. The number of hydrogen-bond acceptors (Lipinski definition) is 3. The number of hydrogen-bond donors (Lipinski definition) is 1. The third-order valence-corrected chi connectivity index (χ3v) is 4.40. The molecule has 0 amide bonds. The van der Waals surface area contributed by atoms with Crippen LogP contribution in [0, 0.1) is 3.57 Å². The highest BCUT2D eigenvalue weighted by atomic mass is 127. The predicted molar refractivity (Wildman–Crippen MR) is 94.7 cm³/mol. The van der Waals surface area contributed by atoms with E-state index in [4.69, 9.17) is 9.47 Å². The van der Waals surface area contributed by atoms with Gasteiger partial charge in [0.25, 0.3) is 0 Å². The Morgan fingerprint density at radius 2 is 1.90 bits per heavy atom. The largest absolute Gasteiger partial charge is 0.491 e. The van der Waals surface area contributed by atoms with Crippen LogP contribution in [-0.4, -0.2) is 25.4 Å². The number of ether oxygens (including phenoxy) is 2. The summed E-state index contributed by atoms with van der Waals surface area (Å²) in [7, 11) is 1.63. The van der Waals surface area contributed by atoms with Gasteiger partial charge in [0.1, 0.15) is 18.5 Å². The number of para-hydroxylation sites is 1. The van der Waals surface area contributed by atoms with E-state index in [1.165, 1.54) is 0 Å². The summed E-state index contributed by atoms with van der Waals surface area (Å²) in [5.41, 5.74) is 1.57. The molecule has 0 radical (unpaired) electrons. The summed E-state index contributed by atoms with van der Waals surface area (Å²) < 4.78 is 12.6. The highest BCUT2D eigenvalue weighted by Gasteiger charge is 2.18. The van der Waals surface area contributed by atoms with Crippen LogP contribution in [0.15, 0.2) is 46.9 Å². The molecule has 0 spiro atoms. The lowest BCUT2D eigenvalue weighted by Crippen LogP contribution is -2.08. The zero-order valence-corrected chi connectivity index (χ0v) is 15.3. The van der Waals surface area contributed by atoms with Crippen molar-refractivity contribution in [2.75, 3.05) is 20.3 Å². The van der Waals surface area contributed by atoms with Crippen molar-refractivity contribution in [3.8, 4) is 5.75 Å². The molecule has 112 valence electrons. The van der Waals surface area contributed by atoms with Gasteiger partial charge in [-0.1, -0.05) is 34.1 Å². The third kappa shape index (κ3) is 4.42. The average molecular weight is 463 g/mol. The highest BCUT2D eigenvalue weighted by Crippen LogP contribution is 2.34. The number of aliphatic hydroxyl groups is 1. The summed E-state index contributed by atoms with van der Waals surface area (Å²) in [6.45, 7) is 0.963. The topological polar surface area (TPSA) is 38.7 Å². The van der Waals surface area contributed by atoms with Crippen molar-refractivity contribution < 1.29 is 14.6 Å². The lowest BCUT2D eigenvalue weighted by molar-refractivity contribution is 0.142. The maximum absolute atomic E-state index is 10.7. The van der Waals surface area contributed by atoms with Crippen LogP contribution >= 0.6 is 38.5 Å². The number of methoxy groups -OCH3 is 1. The molecule has 1 atom stereocenters. The minimum Gasteiger partial charge on any atom is -0.491 e. The van der Waals surface area contributed by atoms with Crippen molar-refractivity contribution >= 4 is 38.5 Å². The first kappa shape index (κ1) is 16.7. The molecule has 2 aromatic rings. The predicted octanol–water partition coefficient (Wildman–Crippen LogP) is 4.16. The zero-order chi connectivity index (χ0) is 15.2. The van der Waals surface area contributed by atoms with E-state index in [1.54, 1.807) is 7.11 Å². The Hall–Kier alpha value is -0.630. The van der Waals surface area contributed by atoms with E-state index in [9.17, 15) is 5.11 Å². The van der Waals surface area contributed by atoms with Crippen molar-refractivity contribution in [3.05, 3.63) is 61.6 Å². The molecule has 0 aliphatic heterocycles. The van der Waals surface area contributed by atoms with E-state index >= 15 is 0 Å². The maximum atomic E-state index is 10.7. The molecular formula is C16H16BrIO3. The van der Waals surface area contributed by atoms with Gasteiger partial charge >= 0.3 is 0 Å². The fourth-order valence-electron chi connectivity index (χ4n) is 1.96. The molecule has 0 heterocycles. The van der Waals surface area contributed by atoms with Gasteiger partial charge in [0, 0.05) is 26.3 Å². The Bertz CT molecular complexity index is 604. The normalized spacial score (nSPS) is 12.2. The summed E-state index contributed by atoms with van der Waals surface area (Å²) in [4.78, 5) is 0. The Morgan fingerprint density at radius 3 is 2.67 bits per heavy atom. The lowest BCUT2D eigenvalue weighted by Gasteiger charge is -2.18. The summed E-state index contributed by atoms with van der Waals surface area (Å²) in [5, 5.41) is 10.7. The van der Waals surface area contributed by atoms with Crippen molar-refractivity contribution in [3.63, 3.8) is 0 Å². The van der Waals surface area contributed by atoms with E-state index in [-0.39, 0.29) is 0 Å². The Balaban J connectivity index is 2.30. The van der Waals surface area contributed by atoms with E-state index in [0.717, 1.165) is 19.2 Å². The fourth-order valence-corrected chi connectivity index (χ4v) is 2.94. The third-order valence-electron chi connectivity index (χ3n) is 3.01. The number of rotatable bonds is 6. The van der Waals surface area contributed by atoms with Gasteiger partial charge in [-0.15, -0.1) is 0 Å². The summed E-state index contributed by atoms with van der Waals surface area (Å²) in [6.07, 6.45) is -0.743. The van der Waals surface area contributed by atoms with Crippen molar-refractivity contribution in [2.24, 2.45) is 0 Å². The molecule has 5 heteroatoms. The minimum atomic E-state index is -0.743. The van der Waals surface area contributed by atoms with Crippen LogP contribution < -0.4 is 4.74 Å². The molecule has 2 aromatic carbocycles. The molecule has 0 aliphatic carbocycles. The van der Waals surface area contributed by atoms with Crippen molar-refractivity contribution in [1.29, 1.82) is 0 Å². The maximum Gasteiger partial charge on any atom is 0.125 e. The molecular weight excluding hydrogens is 447 g/mol. The fraction of sp³-hybridized carbons (Fsp3) is 0.250. The van der Waals surface area contributed by atoms with Gasteiger partial charge in [0.05, 0.1) is 6.61 Å². The van der Waals surface area contributed by atoms with Gasteiger partial charge < -0.3 is 14.6 Å². The summed E-state index contributed by atoms with van der Waals surface area (Å²) >= 11 is 5.72. The SMILES string of the molecule is COCCOc1ccccc1C(O)c1cc(I)ccc1Br. The van der Waals surface area contributed by atoms with Crippen LogP contribution in [0.2, 0.25) is 0 Å². The molecule has 0 bridgehead atoms. The van der Waals surface area contributed by atoms with E-state index < -0.39 is 6.10 Å². The van der Waals surface area contributed by atoms with Crippen LogP contribution in [0.4, 0.5) is 0 Å². The molecule has 3 nitrogen and oxygen atoms in total. The summed E-state index contributed by atoms with van der Waals surface area (Å²) in [5.74, 6) is 0.674. The quantitative estimate of drug-likeness (QED) is 0.517. The number of halogens is 2. The molecule has 0 saturated carbocycles. The van der Waals surface area contributed by atoms with Crippen LogP contribution in [-0.2, 0) is 4.74 Å². The standard InChI is InChI=1S/C16H16BrIO3/c1-20-8-9-21-15-5-3-2-4-12(15)16(19)13-10-11(18)6-7-14(13)17/h2-7,10,16,19H,8-9H2,1H3. The van der Waals surface area contributed by atoms with Crippen LogP contribution in [0.1, 0.15) is 17.2 Å². The molecule has 0 fully saturated rings. The molecule has 21 heavy (non-hydrogen) atoms. The Kier molecular flexibility index (Phi) is 6.47. The first-order valence-electron chi connectivity index (χ1n) is 6.47. The first-order valence-corrected chi connectivity index (χ1v) is 8.34. The minimum absolute atomic E-state index is 0.452. The van der Waals surface area contributed by atoms with Gasteiger partial charge in [-0.25, -0.2) is 0 Å². The molecule has 2 rings (SSSR count). The summed E-state index contributed by atoms with van der Waals surface area (Å²) in [6, 6.07) is 13.4. The van der Waals surface area contributed by atoms with Crippen molar-refractivity contribution in [2.45, 2.75) is 6.10 Å². The lowest BCUT2D eigenvalue weighted by atomic mass is 10.0. The van der Waals surface area contributed by atoms with E-state index in [0.29, 0.717) is 19.0 Å². The van der Waals surface area contributed by atoms with Crippen LogP contribution in [0.3, 0.4) is 0 Å². The molecule has 1 N–H and O–H groups in total. The van der Waals surface area contributed by atoms with Gasteiger partial charge in [0.2, 0.25) is 0 Å². The second-order valence-electron chi connectivity index (χ2n) is 4.45. The first-order chi connectivity index (χ1) is 10.1. The molecule has 0 saturated heterocycles. The van der Waals surface area contributed by atoms with Crippen LogP contribution in [0.25, 0.3) is 0 Å².